The van der Waals surface area contributed by atoms with Gasteiger partial charge < -0.3 is 10.1 Å². The van der Waals surface area contributed by atoms with Crippen molar-refractivity contribution < 1.29 is 19.1 Å². The van der Waals surface area contributed by atoms with E-state index in [4.69, 9.17) is 4.74 Å². The van der Waals surface area contributed by atoms with E-state index in [9.17, 15) is 14.4 Å². The molecule has 2 rings (SSSR count). The summed E-state index contributed by atoms with van der Waals surface area (Å²) in [7, 11) is 0. The predicted octanol–water partition coefficient (Wildman–Crippen LogP) is 3.53. The maximum Gasteiger partial charge on any atom is 0.269 e. The highest BCUT2D eigenvalue weighted by Gasteiger charge is 2.11. The van der Waals surface area contributed by atoms with Crippen LogP contribution in [0.15, 0.2) is 48.5 Å². The Hall–Kier alpha value is -3.35. The molecule has 0 saturated heterocycles. The second-order valence-electron chi connectivity index (χ2n) is 7.01. The summed E-state index contributed by atoms with van der Waals surface area (Å²) in [4.78, 5) is 36.3. The molecule has 0 saturated carbocycles. The molecule has 0 aromatic heterocycles. The molecule has 2 aromatic rings. The smallest absolute Gasteiger partial charge is 0.269 e. The largest absolute Gasteiger partial charge is 0.494 e. The molecule has 0 heterocycles. The molecule has 3 N–H and O–H groups in total. The molecule has 0 bridgehead atoms. The van der Waals surface area contributed by atoms with Gasteiger partial charge in [0.05, 0.1) is 6.61 Å². The molecule has 2 aromatic carbocycles. The van der Waals surface area contributed by atoms with Gasteiger partial charge in [0.25, 0.3) is 11.8 Å². The summed E-state index contributed by atoms with van der Waals surface area (Å²) >= 11 is 0. The topological polar surface area (TPSA) is 96.5 Å². The maximum absolute atomic E-state index is 12.2. The normalized spacial score (nSPS) is 10.3. The van der Waals surface area contributed by atoms with Crippen molar-refractivity contribution >= 4 is 23.4 Å². The van der Waals surface area contributed by atoms with Crippen LogP contribution in [-0.4, -0.2) is 24.3 Å². The molecule has 0 aliphatic carbocycles. The van der Waals surface area contributed by atoms with E-state index in [1.165, 1.54) is 0 Å². The summed E-state index contributed by atoms with van der Waals surface area (Å²) in [6.45, 7) is 6.50. The van der Waals surface area contributed by atoms with Gasteiger partial charge in [-0.3, -0.25) is 25.2 Å². The zero-order valence-electron chi connectivity index (χ0n) is 17.0. The van der Waals surface area contributed by atoms with E-state index in [-0.39, 0.29) is 11.8 Å². The van der Waals surface area contributed by atoms with E-state index in [0.29, 0.717) is 35.6 Å². The standard InChI is InChI=1S/C22H27N3O4/c1-4-12-29-19-7-5-6-17(14-19)22(28)25-24-21(27)16-8-10-18(11-9-16)23-20(26)13-15(2)3/h5-11,14-15H,4,12-13H2,1-3H3,(H,23,26)(H,24,27)(H,25,28). The number of benzene rings is 2. The first kappa shape index (κ1) is 21.9. The molecule has 7 heteroatoms. The molecule has 0 aliphatic rings. The molecular weight excluding hydrogens is 370 g/mol. The Morgan fingerprint density at radius 2 is 1.59 bits per heavy atom. The van der Waals surface area contributed by atoms with Crippen LogP contribution in [0, 0.1) is 5.92 Å². The third kappa shape index (κ3) is 7.29. The summed E-state index contributed by atoms with van der Waals surface area (Å²) in [6.07, 6.45) is 1.30. The van der Waals surface area contributed by atoms with Crippen LogP contribution >= 0.6 is 0 Å². The van der Waals surface area contributed by atoms with Gasteiger partial charge in [-0.05, 0) is 54.8 Å². The molecule has 154 valence electrons. The van der Waals surface area contributed by atoms with Crippen LogP contribution in [-0.2, 0) is 4.79 Å². The number of carbonyl (C=O) groups excluding carboxylic acids is 3. The highest BCUT2D eigenvalue weighted by Crippen LogP contribution is 2.14. The molecule has 29 heavy (non-hydrogen) atoms. The van der Waals surface area contributed by atoms with Gasteiger partial charge in [-0.15, -0.1) is 0 Å². The molecule has 0 fully saturated rings. The van der Waals surface area contributed by atoms with Crippen LogP contribution in [0.1, 0.15) is 54.3 Å². The molecule has 0 unspecified atom stereocenters. The lowest BCUT2D eigenvalue weighted by Crippen LogP contribution is -2.41. The number of amides is 3. The van der Waals surface area contributed by atoms with Gasteiger partial charge >= 0.3 is 0 Å². The van der Waals surface area contributed by atoms with Crippen molar-refractivity contribution in [1.29, 1.82) is 0 Å². The van der Waals surface area contributed by atoms with Crippen LogP contribution < -0.4 is 20.9 Å². The fraction of sp³-hybridized carbons (Fsp3) is 0.318. The third-order valence-electron chi connectivity index (χ3n) is 3.88. The highest BCUT2D eigenvalue weighted by molar-refractivity contribution is 5.99. The molecule has 0 aliphatic heterocycles. The lowest BCUT2D eigenvalue weighted by molar-refractivity contribution is -0.116. The maximum atomic E-state index is 12.2. The van der Waals surface area contributed by atoms with E-state index in [0.717, 1.165) is 6.42 Å². The molecule has 0 spiro atoms. The van der Waals surface area contributed by atoms with Crippen molar-refractivity contribution in [2.75, 3.05) is 11.9 Å². The monoisotopic (exact) mass is 397 g/mol. The van der Waals surface area contributed by atoms with E-state index in [1.807, 2.05) is 20.8 Å². The van der Waals surface area contributed by atoms with E-state index < -0.39 is 11.8 Å². The first-order valence-corrected chi connectivity index (χ1v) is 9.62. The van der Waals surface area contributed by atoms with Crippen LogP contribution in [0.5, 0.6) is 5.75 Å². The zero-order chi connectivity index (χ0) is 21.2. The molecule has 7 nitrogen and oxygen atoms in total. The molecule has 0 atom stereocenters. The first-order valence-electron chi connectivity index (χ1n) is 9.62. The van der Waals surface area contributed by atoms with Gasteiger partial charge in [-0.1, -0.05) is 26.8 Å². The van der Waals surface area contributed by atoms with Crippen LogP contribution in [0.25, 0.3) is 0 Å². The van der Waals surface area contributed by atoms with Gasteiger partial charge in [-0.25, -0.2) is 0 Å². The minimum absolute atomic E-state index is 0.0744. The summed E-state index contributed by atoms with van der Waals surface area (Å²) in [5, 5.41) is 2.78. The fourth-order valence-corrected chi connectivity index (χ4v) is 2.49. The number of hydrogen-bond acceptors (Lipinski definition) is 4. The second kappa shape index (κ2) is 10.8. The average molecular weight is 397 g/mol. The summed E-state index contributed by atoms with van der Waals surface area (Å²) in [5.41, 5.74) is 6.11. The Balaban J connectivity index is 1.88. The quantitative estimate of drug-likeness (QED) is 0.594. The van der Waals surface area contributed by atoms with Crippen molar-refractivity contribution in [3.05, 3.63) is 59.7 Å². The zero-order valence-corrected chi connectivity index (χ0v) is 17.0. The van der Waals surface area contributed by atoms with Gasteiger partial charge in [0.1, 0.15) is 5.75 Å². The highest BCUT2D eigenvalue weighted by atomic mass is 16.5. The molecular formula is C22H27N3O4. The van der Waals surface area contributed by atoms with Gasteiger partial charge in [0.2, 0.25) is 5.91 Å². The summed E-state index contributed by atoms with van der Waals surface area (Å²) in [5.74, 6) is -0.118. The van der Waals surface area contributed by atoms with Crippen molar-refractivity contribution in [1.82, 2.24) is 10.9 Å². The number of anilines is 1. The first-order chi connectivity index (χ1) is 13.9. The van der Waals surface area contributed by atoms with Crippen LogP contribution in [0.4, 0.5) is 5.69 Å². The van der Waals surface area contributed by atoms with Gasteiger partial charge in [0.15, 0.2) is 0 Å². The van der Waals surface area contributed by atoms with E-state index in [2.05, 4.69) is 16.2 Å². The minimum Gasteiger partial charge on any atom is -0.494 e. The molecule has 0 radical (unpaired) electrons. The van der Waals surface area contributed by atoms with Gasteiger partial charge in [-0.2, -0.15) is 0 Å². The Labute approximate surface area is 170 Å². The van der Waals surface area contributed by atoms with Crippen molar-refractivity contribution in [2.24, 2.45) is 5.92 Å². The van der Waals surface area contributed by atoms with Crippen molar-refractivity contribution in [3.8, 4) is 5.75 Å². The number of hydrazine groups is 1. The van der Waals surface area contributed by atoms with Crippen LogP contribution in [0.3, 0.4) is 0 Å². The number of hydrogen-bond donors (Lipinski definition) is 3. The summed E-state index contributed by atoms with van der Waals surface area (Å²) < 4.78 is 5.50. The van der Waals surface area contributed by atoms with E-state index in [1.54, 1.807) is 48.5 Å². The molecule has 3 amide bonds. The fourth-order valence-electron chi connectivity index (χ4n) is 2.49. The Morgan fingerprint density at radius 1 is 0.931 bits per heavy atom. The third-order valence-corrected chi connectivity index (χ3v) is 3.88. The lowest BCUT2D eigenvalue weighted by Gasteiger charge is -2.10. The predicted molar refractivity (Wildman–Crippen MR) is 112 cm³/mol. The minimum atomic E-state index is -0.461. The Kier molecular flexibility index (Phi) is 8.21. The second-order valence-corrected chi connectivity index (χ2v) is 7.01. The lowest BCUT2D eigenvalue weighted by atomic mass is 10.1. The number of ether oxygens (including phenoxy) is 1. The van der Waals surface area contributed by atoms with Gasteiger partial charge in [0, 0.05) is 23.2 Å². The van der Waals surface area contributed by atoms with Crippen molar-refractivity contribution in [3.63, 3.8) is 0 Å². The van der Waals surface area contributed by atoms with Crippen LogP contribution in [0.2, 0.25) is 0 Å². The SMILES string of the molecule is CCCOc1cccc(C(=O)NNC(=O)c2ccc(NC(=O)CC(C)C)cc2)c1. The number of rotatable bonds is 8. The number of carbonyl (C=O) groups is 3. The van der Waals surface area contributed by atoms with Crippen molar-refractivity contribution in [2.45, 2.75) is 33.6 Å². The average Bonchev–Trinajstić information content (AvgIpc) is 2.70. The Morgan fingerprint density at radius 3 is 2.21 bits per heavy atom. The summed E-state index contributed by atoms with van der Waals surface area (Å²) in [6, 6.07) is 13.2. The Bertz CT molecular complexity index is 847. The number of nitrogens with one attached hydrogen (secondary N) is 3. The van der Waals surface area contributed by atoms with E-state index >= 15 is 0 Å².